The standard InChI is InChI=1S/C54H33NOS2/c1-4-14-34(15-5-1)37-24-26-44-50(31-37)58-54-40(36-18-8-3-9-19-36)28-29-45(53(44)54)55(39-25-27-42-41-20-10-12-22-47(41)56-48(42)33-39)46-30-38(35-16-6-2-7-17-35)32-51-52(46)43-21-11-13-23-49(43)57-51/h1-33H. The molecule has 0 radical (unpaired) electrons. The molecular formula is C54H33NOS2. The van der Waals surface area contributed by atoms with Crippen LogP contribution in [0.4, 0.5) is 17.1 Å². The number of benzene rings is 9. The Hall–Kier alpha value is -6.98. The van der Waals surface area contributed by atoms with Gasteiger partial charge in [-0.15, -0.1) is 22.7 Å². The third-order valence-electron chi connectivity index (χ3n) is 11.5. The summed E-state index contributed by atoms with van der Waals surface area (Å²) in [6.45, 7) is 0. The second-order valence-electron chi connectivity index (χ2n) is 14.8. The molecule has 3 heterocycles. The van der Waals surface area contributed by atoms with E-state index in [0.29, 0.717) is 0 Å². The summed E-state index contributed by atoms with van der Waals surface area (Å²) in [6.07, 6.45) is 0. The van der Waals surface area contributed by atoms with E-state index in [0.717, 1.165) is 39.0 Å². The summed E-state index contributed by atoms with van der Waals surface area (Å²) in [6, 6.07) is 72.7. The molecule has 0 spiro atoms. The van der Waals surface area contributed by atoms with Gasteiger partial charge in [0, 0.05) is 62.9 Å². The van der Waals surface area contributed by atoms with Crippen LogP contribution in [0, 0.1) is 0 Å². The molecule has 12 aromatic rings. The molecule has 0 unspecified atom stereocenters. The number of furan rings is 1. The van der Waals surface area contributed by atoms with Crippen molar-refractivity contribution in [3.8, 4) is 33.4 Å². The van der Waals surface area contributed by atoms with Gasteiger partial charge < -0.3 is 9.32 Å². The smallest absolute Gasteiger partial charge is 0.137 e. The normalized spacial score (nSPS) is 11.8. The van der Waals surface area contributed by atoms with Gasteiger partial charge in [-0.05, 0) is 81.9 Å². The van der Waals surface area contributed by atoms with E-state index in [1.165, 1.54) is 73.7 Å². The summed E-state index contributed by atoms with van der Waals surface area (Å²) in [4.78, 5) is 2.51. The molecule has 58 heavy (non-hydrogen) atoms. The minimum absolute atomic E-state index is 0.870. The molecule has 0 atom stereocenters. The Bertz CT molecular complexity index is 3510. The predicted molar refractivity (Wildman–Crippen MR) is 250 cm³/mol. The van der Waals surface area contributed by atoms with Crippen molar-refractivity contribution < 1.29 is 4.42 Å². The van der Waals surface area contributed by atoms with E-state index in [1.807, 2.05) is 28.7 Å². The lowest BCUT2D eigenvalue weighted by Crippen LogP contribution is -2.11. The van der Waals surface area contributed by atoms with Gasteiger partial charge in [-0.2, -0.15) is 0 Å². The van der Waals surface area contributed by atoms with Crippen LogP contribution in [0.2, 0.25) is 0 Å². The van der Waals surface area contributed by atoms with Crippen molar-refractivity contribution in [1.29, 1.82) is 0 Å². The van der Waals surface area contributed by atoms with Crippen LogP contribution in [-0.4, -0.2) is 0 Å². The summed E-state index contributed by atoms with van der Waals surface area (Å²) in [5.74, 6) is 0. The van der Waals surface area contributed by atoms with Gasteiger partial charge >= 0.3 is 0 Å². The Balaban J connectivity index is 1.21. The zero-order valence-electron chi connectivity index (χ0n) is 31.2. The molecule has 0 saturated heterocycles. The fraction of sp³-hybridized carbons (Fsp3) is 0. The SMILES string of the molecule is c1ccc(-c2ccc3c(c2)sc2c(-c4ccccc4)ccc(N(c4ccc5c(c4)oc4ccccc45)c4cc(-c5ccccc5)cc5sc6ccccc6c45)c23)cc1. The van der Waals surface area contributed by atoms with Crippen molar-refractivity contribution in [2.75, 3.05) is 4.90 Å². The van der Waals surface area contributed by atoms with Crippen LogP contribution in [0.15, 0.2) is 205 Å². The summed E-state index contributed by atoms with van der Waals surface area (Å²) in [5, 5.41) is 7.22. The van der Waals surface area contributed by atoms with Crippen LogP contribution >= 0.6 is 22.7 Å². The van der Waals surface area contributed by atoms with E-state index in [-0.39, 0.29) is 0 Å². The average Bonchev–Trinajstić information content (AvgIpc) is 3.98. The molecule has 0 bridgehead atoms. The Morgan fingerprint density at radius 1 is 0.345 bits per heavy atom. The lowest BCUT2D eigenvalue weighted by molar-refractivity contribution is 0.669. The maximum absolute atomic E-state index is 6.60. The highest BCUT2D eigenvalue weighted by molar-refractivity contribution is 7.26. The molecule has 4 heteroatoms. The highest BCUT2D eigenvalue weighted by Crippen LogP contribution is 2.52. The zero-order chi connectivity index (χ0) is 38.2. The molecule has 12 rings (SSSR count). The fourth-order valence-corrected chi connectivity index (χ4v) is 11.2. The van der Waals surface area contributed by atoms with Crippen molar-refractivity contribution in [3.05, 3.63) is 200 Å². The fourth-order valence-electron chi connectivity index (χ4n) is 8.77. The first-order valence-electron chi connectivity index (χ1n) is 19.6. The number of rotatable bonds is 6. The van der Waals surface area contributed by atoms with Crippen LogP contribution in [0.1, 0.15) is 0 Å². The van der Waals surface area contributed by atoms with Crippen molar-refractivity contribution in [2.45, 2.75) is 0 Å². The molecular weight excluding hydrogens is 743 g/mol. The molecule has 2 nitrogen and oxygen atoms in total. The van der Waals surface area contributed by atoms with Crippen molar-refractivity contribution >= 4 is 102 Å². The first-order chi connectivity index (χ1) is 28.7. The summed E-state index contributed by atoms with van der Waals surface area (Å²) in [7, 11) is 0. The van der Waals surface area contributed by atoms with Gasteiger partial charge in [0.2, 0.25) is 0 Å². The van der Waals surface area contributed by atoms with Crippen LogP contribution in [-0.2, 0) is 0 Å². The number of fused-ring (bicyclic) bond motifs is 9. The molecule has 0 amide bonds. The second-order valence-corrected chi connectivity index (χ2v) is 17.0. The van der Waals surface area contributed by atoms with Gasteiger partial charge in [0.1, 0.15) is 11.2 Å². The van der Waals surface area contributed by atoms with E-state index < -0.39 is 0 Å². The Kier molecular flexibility index (Phi) is 7.62. The Morgan fingerprint density at radius 3 is 1.76 bits per heavy atom. The molecule has 0 aliphatic carbocycles. The number of hydrogen-bond donors (Lipinski definition) is 0. The summed E-state index contributed by atoms with van der Waals surface area (Å²) < 4.78 is 11.7. The summed E-state index contributed by atoms with van der Waals surface area (Å²) >= 11 is 3.75. The highest BCUT2D eigenvalue weighted by Gasteiger charge is 2.25. The number of anilines is 3. The number of nitrogens with zero attached hydrogens (tertiary/aromatic N) is 1. The van der Waals surface area contributed by atoms with Gasteiger partial charge in [0.15, 0.2) is 0 Å². The molecule has 9 aromatic carbocycles. The number of thiophene rings is 2. The Morgan fingerprint density at radius 2 is 0.966 bits per heavy atom. The van der Waals surface area contributed by atoms with E-state index in [1.54, 1.807) is 0 Å². The van der Waals surface area contributed by atoms with Crippen molar-refractivity contribution in [1.82, 2.24) is 0 Å². The first-order valence-corrected chi connectivity index (χ1v) is 21.2. The molecule has 0 N–H and O–H groups in total. The van der Waals surface area contributed by atoms with E-state index in [9.17, 15) is 0 Å². The van der Waals surface area contributed by atoms with Crippen LogP contribution in [0.3, 0.4) is 0 Å². The third-order valence-corrected chi connectivity index (χ3v) is 13.8. The third kappa shape index (κ3) is 5.30. The molecule has 3 aromatic heterocycles. The molecule has 0 aliphatic rings. The van der Waals surface area contributed by atoms with Gasteiger partial charge in [-0.3, -0.25) is 0 Å². The quantitative estimate of drug-likeness (QED) is 0.167. The second kappa shape index (κ2) is 13.3. The topological polar surface area (TPSA) is 16.4 Å². The lowest BCUT2D eigenvalue weighted by Gasteiger charge is -2.28. The van der Waals surface area contributed by atoms with E-state index in [2.05, 4.69) is 199 Å². The molecule has 272 valence electrons. The van der Waals surface area contributed by atoms with Gasteiger partial charge in [0.25, 0.3) is 0 Å². The predicted octanol–water partition coefficient (Wildman–Crippen LogP) is 16.8. The van der Waals surface area contributed by atoms with E-state index in [4.69, 9.17) is 4.42 Å². The van der Waals surface area contributed by atoms with Gasteiger partial charge in [0.05, 0.1) is 11.4 Å². The maximum atomic E-state index is 6.60. The average molecular weight is 776 g/mol. The first kappa shape index (κ1) is 33.2. The molecule has 0 saturated carbocycles. The monoisotopic (exact) mass is 775 g/mol. The lowest BCUT2D eigenvalue weighted by atomic mass is 9.97. The van der Waals surface area contributed by atoms with Crippen LogP contribution < -0.4 is 4.90 Å². The Labute approximate surface area is 343 Å². The highest BCUT2D eigenvalue weighted by atomic mass is 32.1. The van der Waals surface area contributed by atoms with Gasteiger partial charge in [-0.1, -0.05) is 146 Å². The molecule has 0 fully saturated rings. The minimum atomic E-state index is 0.870. The van der Waals surface area contributed by atoms with Crippen molar-refractivity contribution in [3.63, 3.8) is 0 Å². The maximum Gasteiger partial charge on any atom is 0.137 e. The minimum Gasteiger partial charge on any atom is -0.456 e. The van der Waals surface area contributed by atoms with Crippen LogP contribution in [0.25, 0.3) is 95.7 Å². The van der Waals surface area contributed by atoms with Crippen molar-refractivity contribution in [2.24, 2.45) is 0 Å². The number of para-hydroxylation sites is 1. The summed E-state index contributed by atoms with van der Waals surface area (Å²) in [5.41, 5.74) is 12.3. The van der Waals surface area contributed by atoms with Crippen LogP contribution in [0.5, 0.6) is 0 Å². The number of hydrogen-bond acceptors (Lipinski definition) is 4. The van der Waals surface area contributed by atoms with Gasteiger partial charge in [-0.25, -0.2) is 0 Å². The molecule has 0 aliphatic heterocycles. The van der Waals surface area contributed by atoms with E-state index >= 15 is 0 Å². The zero-order valence-corrected chi connectivity index (χ0v) is 32.9. The largest absolute Gasteiger partial charge is 0.456 e.